The third-order valence-electron chi connectivity index (χ3n) is 3.64. The highest BCUT2D eigenvalue weighted by Gasteiger charge is 2.27. The van der Waals surface area contributed by atoms with E-state index in [1.165, 1.54) is 0 Å². The van der Waals surface area contributed by atoms with E-state index >= 15 is 0 Å². The summed E-state index contributed by atoms with van der Waals surface area (Å²) in [5.41, 5.74) is 7.72. The molecule has 2 N–H and O–H groups in total. The molecule has 1 amide bonds. The molecular weight excluding hydrogens is 240 g/mol. The number of nitrogens with zero attached hydrogens (tertiary/aromatic N) is 3. The second kappa shape index (κ2) is 4.93. The van der Waals surface area contributed by atoms with E-state index in [0.29, 0.717) is 23.5 Å². The van der Waals surface area contributed by atoms with Crippen molar-refractivity contribution in [3.8, 4) is 0 Å². The van der Waals surface area contributed by atoms with Crippen molar-refractivity contribution in [2.45, 2.75) is 6.42 Å². The van der Waals surface area contributed by atoms with Crippen molar-refractivity contribution < 1.29 is 4.79 Å². The second-order valence-corrected chi connectivity index (χ2v) is 4.87. The first-order chi connectivity index (χ1) is 9.29. The number of para-hydroxylation sites is 1. The first kappa shape index (κ1) is 12.0. The summed E-state index contributed by atoms with van der Waals surface area (Å²) in [6.07, 6.45) is 4.24. The Morgan fingerprint density at radius 3 is 3.00 bits per heavy atom. The number of hydrogen-bond donors (Lipinski definition) is 1. The summed E-state index contributed by atoms with van der Waals surface area (Å²) < 4.78 is 0. The molecule has 1 unspecified atom stereocenters. The summed E-state index contributed by atoms with van der Waals surface area (Å²) in [5, 5.41) is 0. The number of carbonyl (C=O) groups excluding carboxylic acids is 1. The molecule has 1 aromatic heterocycles. The molecule has 1 aromatic carbocycles. The van der Waals surface area contributed by atoms with Gasteiger partial charge >= 0.3 is 0 Å². The number of likely N-dealkylation sites (tertiary alicyclic amines) is 1. The summed E-state index contributed by atoms with van der Waals surface area (Å²) >= 11 is 0. The highest BCUT2D eigenvalue weighted by molar-refractivity contribution is 6.04. The quantitative estimate of drug-likeness (QED) is 0.871. The first-order valence-corrected chi connectivity index (χ1v) is 6.48. The fourth-order valence-electron chi connectivity index (χ4n) is 2.55. The van der Waals surface area contributed by atoms with Gasteiger partial charge in [0.05, 0.1) is 11.1 Å². The lowest BCUT2D eigenvalue weighted by atomic mass is 10.1. The van der Waals surface area contributed by atoms with Crippen LogP contribution < -0.4 is 5.73 Å². The molecule has 2 heterocycles. The van der Waals surface area contributed by atoms with E-state index in [1.807, 2.05) is 23.1 Å². The molecule has 0 spiro atoms. The zero-order chi connectivity index (χ0) is 13.2. The molecule has 1 fully saturated rings. The predicted molar refractivity (Wildman–Crippen MR) is 72.6 cm³/mol. The van der Waals surface area contributed by atoms with Crippen molar-refractivity contribution in [1.29, 1.82) is 0 Å². The van der Waals surface area contributed by atoms with Crippen molar-refractivity contribution in [2.24, 2.45) is 11.7 Å². The Morgan fingerprint density at radius 2 is 2.21 bits per heavy atom. The monoisotopic (exact) mass is 256 g/mol. The van der Waals surface area contributed by atoms with Crippen LogP contribution in [0.2, 0.25) is 0 Å². The van der Waals surface area contributed by atoms with Crippen molar-refractivity contribution in [1.82, 2.24) is 14.9 Å². The van der Waals surface area contributed by atoms with E-state index < -0.39 is 0 Å². The smallest absolute Gasteiger partial charge is 0.256 e. The molecule has 1 aliphatic heterocycles. The van der Waals surface area contributed by atoms with E-state index in [4.69, 9.17) is 5.73 Å². The molecule has 0 saturated carbocycles. The van der Waals surface area contributed by atoms with Gasteiger partial charge in [-0.1, -0.05) is 6.07 Å². The number of hydrogen-bond acceptors (Lipinski definition) is 4. The lowest BCUT2D eigenvalue weighted by molar-refractivity contribution is 0.0789. The molecule has 1 saturated heterocycles. The number of nitrogens with two attached hydrogens (primary N) is 1. The zero-order valence-electron chi connectivity index (χ0n) is 10.6. The molecule has 0 bridgehead atoms. The van der Waals surface area contributed by atoms with Gasteiger partial charge in [0.2, 0.25) is 0 Å². The molecule has 2 aromatic rings. The molecule has 3 rings (SSSR count). The van der Waals surface area contributed by atoms with Gasteiger partial charge < -0.3 is 10.6 Å². The van der Waals surface area contributed by atoms with Crippen molar-refractivity contribution in [2.75, 3.05) is 19.6 Å². The fourth-order valence-corrected chi connectivity index (χ4v) is 2.55. The number of fused-ring (bicyclic) bond motifs is 1. The minimum absolute atomic E-state index is 0.0297. The standard InChI is InChI=1S/C14H16N4O/c15-8-10-4-7-18(9-10)14(19)11-2-1-3-12-13(11)17-6-5-16-12/h1-3,5-6,10H,4,7-9,15H2. The molecule has 98 valence electrons. The fraction of sp³-hybridized carbons (Fsp3) is 0.357. The van der Waals surface area contributed by atoms with E-state index in [-0.39, 0.29) is 5.91 Å². The Hall–Kier alpha value is -2.01. The van der Waals surface area contributed by atoms with Crippen LogP contribution in [0.5, 0.6) is 0 Å². The Balaban J connectivity index is 1.94. The van der Waals surface area contributed by atoms with Crippen LogP contribution in [0, 0.1) is 5.92 Å². The molecule has 0 radical (unpaired) electrons. The van der Waals surface area contributed by atoms with E-state index in [9.17, 15) is 4.79 Å². The zero-order valence-corrected chi connectivity index (χ0v) is 10.6. The van der Waals surface area contributed by atoms with Crippen LogP contribution in [0.15, 0.2) is 30.6 Å². The minimum atomic E-state index is 0.0297. The van der Waals surface area contributed by atoms with Gasteiger partial charge in [-0.25, -0.2) is 0 Å². The largest absolute Gasteiger partial charge is 0.338 e. The average molecular weight is 256 g/mol. The highest BCUT2D eigenvalue weighted by Crippen LogP contribution is 2.21. The third-order valence-corrected chi connectivity index (χ3v) is 3.64. The number of benzene rings is 1. The van der Waals surface area contributed by atoms with Crippen LogP contribution in [0.3, 0.4) is 0 Å². The highest BCUT2D eigenvalue weighted by atomic mass is 16.2. The van der Waals surface area contributed by atoms with Crippen LogP contribution in [0.4, 0.5) is 0 Å². The third kappa shape index (κ3) is 2.17. The molecular formula is C14H16N4O. The molecule has 0 aliphatic carbocycles. The van der Waals surface area contributed by atoms with Gasteiger partial charge in [-0.05, 0) is 31.0 Å². The normalized spacial score (nSPS) is 19.0. The van der Waals surface area contributed by atoms with Gasteiger partial charge in [-0.2, -0.15) is 0 Å². The summed E-state index contributed by atoms with van der Waals surface area (Å²) in [4.78, 5) is 22.9. The van der Waals surface area contributed by atoms with E-state index in [2.05, 4.69) is 9.97 Å². The number of aromatic nitrogens is 2. The Kier molecular flexibility index (Phi) is 3.13. The summed E-state index contributed by atoms with van der Waals surface area (Å²) in [6, 6.07) is 5.53. The topological polar surface area (TPSA) is 72.1 Å². The van der Waals surface area contributed by atoms with Gasteiger partial charge in [0.15, 0.2) is 0 Å². The van der Waals surface area contributed by atoms with Crippen molar-refractivity contribution in [3.63, 3.8) is 0 Å². The predicted octanol–water partition coefficient (Wildman–Crippen LogP) is 1.05. The van der Waals surface area contributed by atoms with Gasteiger partial charge in [-0.15, -0.1) is 0 Å². The Labute approximate surface area is 111 Å². The molecule has 1 atom stereocenters. The van der Waals surface area contributed by atoms with Crippen LogP contribution in [0.1, 0.15) is 16.8 Å². The average Bonchev–Trinajstić information content (AvgIpc) is 2.95. The van der Waals surface area contributed by atoms with Crippen LogP contribution in [-0.2, 0) is 0 Å². The van der Waals surface area contributed by atoms with Crippen molar-refractivity contribution >= 4 is 16.9 Å². The maximum absolute atomic E-state index is 12.5. The number of rotatable bonds is 2. The lowest BCUT2D eigenvalue weighted by Crippen LogP contribution is -2.30. The molecule has 19 heavy (non-hydrogen) atoms. The first-order valence-electron chi connectivity index (χ1n) is 6.48. The summed E-state index contributed by atoms with van der Waals surface area (Å²) in [5.74, 6) is 0.451. The van der Waals surface area contributed by atoms with Gasteiger partial charge in [0, 0.05) is 25.5 Å². The summed E-state index contributed by atoms with van der Waals surface area (Å²) in [7, 11) is 0. The maximum Gasteiger partial charge on any atom is 0.256 e. The van der Waals surface area contributed by atoms with E-state index in [0.717, 1.165) is 25.0 Å². The van der Waals surface area contributed by atoms with E-state index in [1.54, 1.807) is 12.4 Å². The van der Waals surface area contributed by atoms with Crippen molar-refractivity contribution in [3.05, 3.63) is 36.2 Å². The van der Waals surface area contributed by atoms with Crippen LogP contribution >= 0.6 is 0 Å². The summed E-state index contributed by atoms with van der Waals surface area (Å²) in [6.45, 7) is 2.16. The van der Waals surface area contributed by atoms with Crippen LogP contribution in [0.25, 0.3) is 11.0 Å². The molecule has 5 nitrogen and oxygen atoms in total. The molecule has 5 heteroatoms. The Bertz CT molecular complexity index is 608. The molecule has 1 aliphatic rings. The van der Waals surface area contributed by atoms with Gasteiger partial charge in [0.25, 0.3) is 5.91 Å². The Morgan fingerprint density at radius 1 is 1.37 bits per heavy atom. The second-order valence-electron chi connectivity index (χ2n) is 4.87. The van der Waals surface area contributed by atoms with Gasteiger partial charge in [-0.3, -0.25) is 14.8 Å². The van der Waals surface area contributed by atoms with Gasteiger partial charge in [0.1, 0.15) is 5.52 Å². The number of amides is 1. The van der Waals surface area contributed by atoms with Crippen LogP contribution in [-0.4, -0.2) is 40.4 Å². The minimum Gasteiger partial charge on any atom is -0.338 e. The number of carbonyl (C=O) groups is 1. The maximum atomic E-state index is 12.5. The SMILES string of the molecule is NCC1CCN(C(=O)c2cccc3nccnc23)C1. The lowest BCUT2D eigenvalue weighted by Gasteiger charge is -2.16.